The first kappa shape index (κ1) is 24.5. The van der Waals surface area contributed by atoms with Gasteiger partial charge >= 0.3 is 15.6 Å². The highest BCUT2D eigenvalue weighted by Gasteiger charge is 2.48. The van der Waals surface area contributed by atoms with E-state index in [1.165, 1.54) is 12.1 Å². The molecule has 3 aromatic rings. The Morgan fingerprint density at radius 3 is 2.09 bits per heavy atom. The quantitative estimate of drug-likeness (QED) is 0.335. The van der Waals surface area contributed by atoms with Gasteiger partial charge < -0.3 is 8.92 Å². The van der Waals surface area contributed by atoms with E-state index in [-0.39, 0.29) is 5.92 Å². The molecule has 0 aliphatic rings. The van der Waals surface area contributed by atoms with Gasteiger partial charge in [0.1, 0.15) is 5.75 Å². The van der Waals surface area contributed by atoms with Crippen LogP contribution in [0.3, 0.4) is 0 Å². The third-order valence-electron chi connectivity index (χ3n) is 5.68. The van der Waals surface area contributed by atoms with Crippen molar-refractivity contribution in [2.24, 2.45) is 5.92 Å². The molecule has 2 heterocycles. The number of nitrogens with zero attached hydrogens (tertiary/aromatic N) is 2. The lowest BCUT2D eigenvalue weighted by Crippen LogP contribution is -2.31. The number of methoxy groups -OCH3 is 1. The molecule has 0 saturated carbocycles. The van der Waals surface area contributed by atoms with Gasteiger partial charge in [0.05, 0.1) is 25.2 Å². The molecule has 176 valence electrons. The molecule has 0 aliphatic heterocycles. The van der Waals surface area contributed by atoms with E-state index in [1.54, 1.807) is 19.5 Å². The SMILES string of the molecule is COc1cncc(-c2ccc(C(C)(c3ccc(OS(=O)(=O)C(F)(F)F)cn3)C(C)C)cc2)c1. The van der Waals surface area contributed by atoms with Gasteiger partial charge in [-0.25, -0.2) is 0 Å². The van der Waals surface area contributed by atoms with Crippen molar-refractivity contribution in [1.29, 1.82) is 0 Å². The van der Waals surface area contributed by atoms with E-state index in [4.69, 9.17) is 4.74 Å². The molecule has 1 unspecified atom stereocenters. The van der Waals surface area contributed by atoms with Crippen LogP contribution in [-0.4, -0.2) is 31.0 Å². The number of ether oxygens (including phenoxy) is 1. The number of halogens is 3. The summed E-state index contributed by atoms with van der Waals surface area (Å²) in [6.07, 6.45) is 4.33. The number of rotatable bonds is 7. The summed E-state index contributed by atoms with van der Waals surface area (Å²) in [6.45, 7) is 5.97. The number of hydrogen-bond acceptors (Lipinski definition) is 6. The van der Waals surface area contributed by atoms with Crippen LogP contribution in [0.4, 0.5) is 13.2 Å². The lowest BCUT2D eigenvalue weighted by Gasteiger charge is -2.34. The van der Waals surface area contributed by atoms with Gasteiger partial charge in [0, 0.05) is 17.2 Å². The predicted molar refractivity (Wildman–Crippen MR) is 117 cm³/mol. The van der Waals surface area contributed by atoms with Crippen LogP contribution in [0.15, 0.2) is 61.1 Å². The van der Waals surface area contributed by atoms with Crippen LogP contribution in [0.5, 0.6) is 11.5 Å². The lowest BCUT2D eigenvalue weighted by molar-refractivity contribution is -0.0500. The van der Waals surface area contributed by atoms with Gasteiger partial charge in [0.2, 0.25) is 0 Å². The van der Waals surface area contributed by atoms with Gasteiger partial charge in [-0.1, -0.05) is 38.1 Å². The van der Waals surface area contributed by atoms with Gasteiger partial charge in [-0.15, -0.1) is 0 Å². The van der Waals surface area contributed by atoms with Crippen LogP contribution in [-0.2, 0) is 15.5 Å². The largest absolute Gasteiger partial charge is 0.534 e. The molecule has 1 aromatic carbocycles. The molecule has 33 heavy (non-hydrogen) atoms. The summed E-state index contributed by atoms with van der Waals surface area (Å²) >= 11 is 0. The van der Waals surface area contributed by atoms with Gasteiger partial charge in [0.15, 0.2) is 5.75 Å². The Labute approximate surface area is 190 Å². The second kappa shape index (κ2) is 9.01. The summed E-state index contributed by atoms with van der Waals surface area (Å²) in [5.74, 6) is 0.186. The molecule has 0 N–H and O–H groups in total. The number of alkyl halides is 3. The second-order valence-electron chi connectivity index (χ2n) is 7.91. The number of aromatic nitrogens is 2. The van der Waals surface area contributed by atoms with E-state index >= 15 is 0 Å². The summed E-state index contributed by atoms with van der Waals surface area (Å²) in [7, 11) is -4.19. The van der Waals surface area contributed by atoms with Crippen molar-refractivity contribution in [2.45, 2.75) is 31.7 Å². The summed E-state index contributed by atoms with van der Waals surface area (Å²) in [4.78, 5) is 8.40. The van der Waals surface area contributed by atoms with Crippen molar-refractivity contribution in [3.8, 4) is 22.6 Å². The summed E-state index contributed by atoms with van der Waals surface area (Å²) < 4.78 is 69.5. The fourth-order valence-corrected chi connectivity index (χ4v) is 3.83. The Bertz CT molecular complexity index is 1210. The summed E-state index contributed by atoms with van der Waals surface area (Å²) in [6, 6.07) is 12.3. The molecule has 2 aromatic heterocycles. The first-order valence-electron chi connectivity index (χ1n) is 9.95. The summed E-state index contributed by atoms with van der Waals surface area (Å²) in [5.41, 5.74) is -2.81. The Morgan fingerprint density at radius 1 is 0.909 bits per heavy atom. The monoisotopic (exact) mass is 480 g/mol. The van der Waals surface area contributed by atoms with Crippen LogP contribution in [0, 0.1) is 5.92 Å². The lowest BCUT2D eigenvalue weighted by atomic mass is 9.70. The number of hydrogen-bond donors (Lipinski definition) is 0. The molecular weight excluding hydrogens is 457 g/mol. The minimum atomic E-state index is -5.76. The van der Waals surface area contributed by atoms with Crippen molar-refractivity contribution >= 4 is 10.1 Å². The molecule has 3 rings (SSSR count). The maximum Gasteiger partial charge on any atom is 0.534 e. The molecule has 6 nitrogen and oxygen atoms in total. The third-order valence-corrected chi connectivity index (χ3v) is 6.66. The van der Waals surface area contributed by atoms with E-state index < -0.39 is 26.8 Å². The molecule has 0 aliphatic carbocycles. The smallest absolute Gasteiger partial charge is 0.495 e. The first-order valence-corrected chi connectivity index (χ1v) is 11.4. The standard InChI is InChI=1S/C23H23F3N2O4S/c1-15(2)22(3,21-10-9-19(14-28-21)32-33(29,30)23(24,25)26)18-7-5-16(6-8-18)17-11-20(31-4)13-27-12-17/h5-15H,1-4H3. The third kappa shape index (κ3) is 4.95. The number of benzene rings is 1. The van der Waals surface area contributed by atoms with Gasteiger partial charge in [0.25, 0.3) is 0 Å². The van der Waals surface area contributed by atoms with E-state index in [9.17, 15) is 21.6 Å². The average molecular weight is 481 g/mol. The van der Waals surface area contributed by atoms with Crippen LogP contribution >= 0.6 is 0 Å². The Hall–Kier alpha value is -3.14. The van der Waals surface area contributed by atoms with Gasteiger partial charge in [-0.05, 0) is 42.2 Å². The van der Waals surface area contributed by atoms with Crippen molar-refractivity contribution in [3.05, 3.63) is 72.3 Å². The topological polar surface area (TPSA) is 78.4 Å². The zero-order chi connectivity index (χ0) is 24.4. The Kier molecular flexibility index (Phi) is 6.69. The van der Waals surface area contributed by atoms with E-state index in [1.807, 2.05) is 51.1 Å². The van der Waals surface area contributed by atoms with Crippen LogP contribution in [0.1, 0.15) is 32.0 Å². The highest BCUT2D eigenvalue weighted by atomic mass is 32.2. The van der Waals surface area contributed by atoms with Gasteiger partial charge in [-0.2, -0.15) is 21.6 Å². The maximum absolute atomic E-state index is 12.6. The highest BCUT2D eigenvalue weighted by molar-refractivity contribution is 7.88. The van der Waals surface area contributed by atoms with E-state index in [2.05, 4.69) is 14.2 Å². The first-order chi connectivity index (χ1) is 15.4. The molecule has 0 saturated heterocycles. The van der Waals surface area contributed by atoms with Crippen molar-refractivity contribution < 1.29 is 30.5 Å². The maximum atomic E-state index is 12.6. The molecule has 0 radical (unpaired) electrons. The summed E-state index contributed by atoms with van der Waals surface area (Å²) in [5, 5.41) is 0. The fraction of sp³-hybridized carbons (Fsp3) is 0.304. The van der Waals surface area contributed by atoms with Crippen LogP contribution in [0.25, 0.3) is 11.1 Å². The number of pyridine rings is 2. The predicted octanol–water partition coefficient (Wildman–Crippen LogP) is 5.34. The zero-order valence-corrected chi connectivity index (χ0v) is 19.2. The van der Waals surface area contributed by atoms with Crippen LogP contribution < -0.4 is 8.92 Å². The normalized spacial score (nSPS) is 14.1. The Balaban J connectivity index is 1.92. The minimum absolute atomic E-state index is 0.0556. The molecule has 0 bridgehead atoms. The average Bonchev–Trinajstić information content (AvgIpc) is 2.78. The van der Waals surface area contributed by atoms with Crippen molar-refractivity contribution in [2.75, 3.05) is 7.11 Å². The van der Waals surface area contributed by atoms with Gasteiger partial charge in [-0.3, -0.25) is 9.97 Å². The van der Waals surface area contributed by atoms with Crippen LogP contribution in [0.2, 0.25) is 0 Å². The van der Waals surface area contributed by atoms with Crippen molar-refractivity contribution in [3.63, 3.8) is 0 Å². The van der Waals surface area contributed by atoms with E-state index in [0.717, 1.165) is 22.9 Å². The Morgan fingerprint density at radius 2 is 1.58 bits per heavy atom. The van der Waals surface area contributed by atoms with Crippen molar-refractivity contribution in [1.82, 2.24) is 9.97 Å². The minimum Gasteiger partial charge on any atom is -0.495 e. The molecule has 10 heteroatoms. The zero-order valence-electron chi connectivity index (χ0n) is 18.4. The molecule has 1 atom stereocenters. The molecular formula is C23H23F3N2O4S. The second-order valence-corrected chi connectivity index (χ2v) is 9.45. The molecule has 0 fully saturated rings. The highest BCUT2D eigenvalue weighted by Crippen LogP contribution is 2.39. The molecule has 0 amide bonds. The molecule has 0 spiro atoms. The van der Waals surface area contributed by atoms with E-state index in [0.29, 0.717) is 11.4 Å². The fourth-order valence-electron chi connectivity index (χ4n) is 3.38.